The lowest BCUT2D eigenvalue weighted by molar-refractivity contribution is 1.06. The van der Waals surface area contributed by atoms with E-state index in [-0.39, 0.29) is 0 Å². The van der Waals surface area contributed by atoms with Gasteiger partial charge in [0.1, 0.15) is 16.9 Å². The van der Waals surface area contributed by atoms with Crippen molar-refractivity contribution in [1.29, 1.82) is 0 Å². The Bertz CT molecular complexity index is 445. The molecule has 0 radical (unpaired) electrons. The molecule has 68 valence electrons. The minimum atomic E-state index is 0.751. The molecule has 0 atom stereocenters. The van der Waals surface area contributed by atoms with E-state index in [4.69, 9.17) is 0 Å². The van der Waals surface area contributed by atoms with E-state index in [0.29, 0.717) is 0 Å². The predicted octanol–water partition coefficient (Wildman–Crippen LogP) is 1.01. The minimum Gasteiger partial charge on any atom is -0.371 e. The molecule has 2 aromatic rings. The van der Waals surface area contributed by atoms with Crippen LogP contribution in [0.3, 0.4) is 0 Å². The molecule has 0 unspecified atom stereocenters. The number of aromatic nitrogens is 4. The van der Waals surface area contributed by atoms with Gasteiger partial charge in [-0.25, -0.2) is 9.97 Å². The highest BCUT2D eigenvalue weighted by Gasteiger charge is 2.08. The summed E-state index contributed by atoms with van der Waals surface area (Å²) in [5.74, 6) is 1.55. The molecule has 0 aliphatic carbocycles. The molecule has 5 heteroatoms. The maximum absolute atomic E-state index is 4.30. The maximum atomic E-state index is 4.30. The van der Waals surface area contributed by atoms with E-state index in [1.54, 1.807) is 0 Å². The first-order valence-electron chi connectivity index (χ1n) is 4.09. The second kappa shape index (κ2) is 2.69. The third kappa shape index (κ3) is 1.12. The van der Waals surface area contributed by atoms with E-state index in [1.165, 1.54) is 0 Å². The number of aryl methyl sites for hydroxylation is 2. The van der Waals surface area contributed by atoms with E-state index in [1.807, 2.05) is 20.9 Å². The van der Waals surface area contributed by atoms with Crippen LogP contribution in [0, 0.1) is 13.8 Å². The van der Waals surface area contributed by atoms with Crippen LogP contribution < -0.4 is 5.32 Å². The van der Waals surface area contributed by atoms with Crippen LogP contribution in [0.2, 0.25) is 0 Å². The Labute approximate surface area is 75.6 Å². The van der Waals surface area contributed by atoms with Crippen molar-refractivity contribution in [3.8, 4) is 0 Å². The van der Waals surface area contributed by atoms with E-state index in [0.717, 1.165) is 28.4 Å². The molecule has 0 aromatic carbocycles. The van der Waals surface area contributed by atoms with Crippen molar-refractivity contribution in [2.75, 3.05) is 12.4 Å². The number of nitrogens with one attached hydrogen (secondary N) is 2. The molecular weight excluding hydrogens is 166 g/mol. The molecule has 0 fully saturated rings. The summed E-state index contributed by atoms with van der Waals surface area (Å²) < 4.78 is 0. The fraction of sp³-hybridized carbons (Fsp3) is 0.375. The summed E-state index contributed by atoms with van der Waals surface area (Å²) in [6, 6.07) is 0. The molecular formula is C8H11N5. The summed E-state index contributed by atoms with van der Waals surface area (Å²) in [7, 11) is 1.83. The third-order valence-electron chi connectivity index (χ3n) is 1.94. The fourth-order valence-corrected chi connectivity index (χ4v) is 1.31. The normalized spacial score (nSPS) is 10.7. The van der Waals surface area contributed by atoms with Gasteiger partial charge in [0.15, 0.2) is 5.82 Å². The molecule has 2 N–H and O–H groups in total. The molecule has 0 aliphatic heterocycles. The number of aromatic amines is 1. The Morgan fingerprint density at radius 1 is 1.23 bits per heavy atom. The van der Waals surface area contributed by atoms with E-state index in [2.05, 4.69) is 25.5 Å². The van der Waals surface area contributed by atoms with E-state index < -0.39 is 0 Å². The molecule has 0 amide bonds. The lowest BCUT2D eigenvalue weighted by Crippen LogP contribution is -1.97. The standard InChI is InChI=1S/C8H11N5/c1-4-6-7(13-12-4)8(9-3)11-5(2)10-6/h1-3H3,(H,12,13)(H,9,10,11). The van der Waals surface area contributed by atoms with Crippen LogP contribution in [-0.2, 0) is 0 Å². The van der Waals surface area contributed by atoms with Crippen LogP contribution in [0.4, 0.5) is 5.82 Å². The Kier molecular flexibility index (Phi) is 1.65. The van der Waals surface area contributed by atoms with Crippen molar-refractivity contribution in [3.05, 3.63) is 11.5 Å². The summed E-state index contributed by atoms with van der Waals surface area (Å²) >= 11 is 0. The van der Waals surface area contributed by atoms with Crippen LogP contribution in [0.1, 0.15) is 11.5 Å². The quantitative estimate of drug-likeness (QED) is 0.682. The van der Waals surface area contributed by atoms with Crippen molar-refractivity contribution in [2.24, 2.45) is 0 Å². The molecule has 0 saturated carbocycles. The lowest BCUT2D eigenvalue weighted by atomic mass is 10.3. The van der Waals surface area contributed by atoms with Crippen LogP contribution in [0.5, 0.6) is 0 Å². The highest BCUT2D eigenvalue weighted by atomic mass is 15.2. The number of hydrogen-bond donors (Lipinski definition) is 2. The van der Waals surface area contributed by atoms with Gasteiger partial charge >= 0.3 is 0 Å². The lowest BCUT2D eigenvalue weighted by Gasteiger charge is -2.00. The van der Waals surface area contributed by atoms with Crippen molar-refractivity contribution >= 4 is 16.9 Å². The zero-order chi connectivity index (χ0) is 9.42. The molecule has 0 bridgehead atoms. The van der Waals surface area contributed by atoms with Crippen LogP contribution in [0.25, 0.3) is 11.0 Å². The first-order valence-corrected chi connectivity index (χ1v) is 4.09. The number of nitrogens with zero attached hydrogens (tertiary/aromatic N) is 3. The summed E-state index contributed by atoms with van der Waals surface area (Å²) in [6.45, 7) is 3.79. The highest BCUT2D eigenvalue weighted by Crippen LogP contribution is 2.18. The van der Waals surface area contributed by atoms with Gasteiger partial charge < -0.3 is 5.32 Å². The number of H-pyrrole nitrogens is 1. The second-order valence-electron chi connectivity index (χ2n) is 2.90. The van der Waals surface area contributed by atoms with Crippen LogP contribution in [-0.4, -0.2) is 27.2 Å². The average molecular weight is 177 g/mol. The second-order valence-corrected chi connectivity index (χ2v) is 2.90. The van der Waals surface area contributed by atoms with Gasteiger partial charge in [0.05, 0.1) is 5.69 Å². The van der Waals surface area contributed by atoms with Crippen molar-refractivity contribution in [3.63, 3.8) is 0 Å². The number of rotatable bonds is 1. The molecule has 0 saturated heterocycles. The van der Waals surface area contributed by atoms with Crippen LogP contribution in [0.15, 0.2) is 0 Å². The molecule has 2 rings (SSSR count). The van der Waals surface area contributed by atoms with Gasteiger partial charge in [-0.3, -0.25) is 5.10 Å². The number of hydrogen-bond acceptors (Lipinski definition) is 4. The zero-order valence-electron chi connectivity index (χ0n) is 7.84. The van der Waals surface area contributed by atoms with Crippen molar-refractivity contribution < 1.29 is 0 Å². The monoisotopic (exact) mass is 177 g/mol. The molecule has 13 heavy (non-hydrogen) atoms. The van der Waals surface area contributed by atoms with Gasteiger partial charge in [-0.2, -0.15) is 5.10 Å². The Morgan fingerprint density at radius 3 is 2.69 bits per heavy atom. The summed E-state index contributed by atoms with van der Waals surface area (Å²) in [5.41, 5.74) is 2.65. The molecule has 0 aliphatic rings. The van der Waals surface area contributed by atoms with Crippen LogP contribution >= 0.6 is 0 Å². The maximum Gasteiger partial charge on any atom is 0.155 e. The Hall–Kier alpha value is -1.65. The molecule has 2 heterocycles. The van der Waals surface area contributed by atoms with Gasteiger partial charge in [-0.15, -0.1) is 0 Å². The summed E-state index contributed by atoms with van der Waals surface area (Å²) in [6.07, 6.45) is 0. The largest absolute Gasteiger partial charge is 0.371 e. The molecule has 5 nitrogen and oxygen atoms in total. The zero-order valence-corrected chi connectivity index (χ0v) is 7.84. The van der Waals surface area contributed by atoms with Gasteiger partial charge in [-0.1, -0.05) is 0 Å². The minimum absolute atomic E-state index is 0.751. The Morgan fingerprint density at radius 2 is 2.00 bits per heavy atom. The average Bonchev–Trinajstić information content (AvgIpc) is 2.47. The molecule has 0 spiro atoms. The Balaban J connectivity index is 2.84. The highest BCUT2D eigenvalue weighted by molar-refractivity contribution is 5.86. The number of fused-ring (bicyclic) bond motifs is 1. The van der Waals surface area contributed by atoms with Gasteiger partial charge in [0.25, 0.3) is 0 Å². The predicted molar refractivity (Wildman–Crippen MR) is 50.7 cm³/mol. The fourth-order valence-electron chi connectivity index (χ4n) is 1.31. The third-order valence-corrected chi connectivity index (χ3v) is 1.94. The van der Waals surface area contributed by atoms with Gasteiger partial charge in [-0.05, 0) is 13.8 Å². The summed E-state index contributed by atoms with van der Waals surface area (Å²) in [4.78, 5) is 8.54. The molecule has 2 aromatic heterocycles. The first-order chi connectivity index (χ1) is 6.22. The SMILES string of the molecule is CNc1nc(C)nc2c(C)n[nH]c12. The van der Waals surface area contributed by atoms with Crippen molar-refractivity contribution in [1.82, 2.24) is 20.2 Å². The van der Waals surface area contributed by atoms with E-state index >= 15 is 0 Å². The van der Waals surface area contributed by atoms with Gasteiger partial charge in [0.2, 0.25) is 0 Å². The van der Waals surface area contributed by atoms with E-state index in [9.17, 15) is 0 Å². The first kappa shape index (κ1) is 7.97. The summed E-state index contributed by atoms with van der Waals surface area (Å²) in [5, 5.41) is 9.98. The topological polar surface area (TPSA) is 66.5 Å². The van der Waals surface area contributed by atoms with Gasteiger partial charge in [0, 0.05) is 7.05 Å². The van der Waals surface area contributed by atoms with Crippen molar-refractivity contribution in [2.45, 2.75) is 13.8 Å². The number of anilines is 1. The smallest absolute Gasteiger partial charge is 0.155 e.